The number of nitrogens with zero attached hydrogens (tertiary/aromatic N) is 4. The van der Waals surface area contributed by atoms with E-state index in [4.69, 9.17) is 27.9 Å². The van der Waals surface area contributed by atoms with E-state index in [0.29, 0.717) is 28.1 Å². The van der Waals surface area contributed by atoms with E-state index in [0.717, 1.165) is 10.7 Å². The number of fused-ring (bicyclic) bond motifs is 1. The van der Waals surface area contributed by atoms with E-state index >= 15 is 0 Å². The van der Waals surface area contributed by atoms with Gasteiger partial charge in [-0.2, -0.15) is 18.3 Å². The molecule has 1 aromatic carbocycles. The first-order valence-electron chi connectivity index (χ1n) is 8.93. The summed E-state index contributed by atoms with van der Waals surface area (Å²) in [5.41, 5.74) is 0.490. The number of ether oxygens (including phenoxy) is 1. The van der Waals surface area contributed by atoms with E-state index in [-0.39, 0.29) is 28.9 Å². The molecule has 11 heteroatoms. The predicted octanol–water partition coefficient (Wildman–Crippen LogP) is 5.31. The van der Waals surface area contributed by atoms with E-state index in [9.17, 15) is 18.0 Å². The summed E-state index contributed by atoms with van der Waals surface area (Å²) in [5.74, 6) is -0.202. The molecule has 0 saturated heterocycles. The van der Waals surface area contributed by atoms with Gasteiger partial charge in [0, 0.05) is 22.8 Å². The Balaban J connectivity index is 1.81. The lowest BCUT2D eigenvalue weighted by Gasteiger charge is -2.22. The Morgan fingerprint density at radius 1 is 1.26 bits per heavy atom. The number of aromatic nitrogens is 3. The number of rotatable bonds is 4. The molecule has 3 heterocycles. The van der Waals surface area contributed by atoms with Gasteiger partial charge in [0.05, 0.1) is 22.9 Å². The quantitative estimate of drug-likeness (QED) is 0.486. The number of aliphatic imine (C=N–C) groups is 1. The average molecular weight is 469 g/mol. The number of hydrogen-bond donors (Lipinski definition) is 0. The SMILES string of the molecule is Cc1cc(Cl)cc2c1N=C(c1cc(C(F)(F)F)n(Cc3ncccc3Cl)n1)OC2C=O. The summed E-state index contributed by atoms with van der Waals surface area (Å²) in [5, 5.41) is 4.63. The summed E-state index contributed by atoms with van der Waals surface area (Å²) in [6, 6.07) is 7.08. The van der Waals surface area contributed by atoms with Crippen LogP contribution in [0.3, 0.4) is 0 Å². The van der Waals surface area contributed by atoms with Crippen molar-refractivity contribution in [1.82, 2.24) is 14.8 Å². The number of halogens is 5. The molecule has 1 unspecified atom stereocenters. The maximum atomic E-state index is 13.7. The Hall–Kier alpha value is -2.91. The lowest BCUT2D eigenvalue weighted by Crippen LogP contribution is -2.19. The zero-order chi connectivity index (χ0) is 22.3. The zero-order valence-corrected chi connectivity index (χ0v) is 17.3. The maximum Gasteiger partial charge on any atom is 0.433 e. The molecule has 0 radical (unpaired) electrons. The van der Waals surface area contributed by atoms with Gasteiger partial charge in [-0.05, 0) is 36.8 Å². The van der Waals surface area contributed by atoms with Gasteiger partial charge in [0.15, 0.2) is 12.4 Å². The van der Waals surface area contributed by atoms with Crippen LogP contribution >= 0.6 is 23.2 Å². The normalized spacial score (nSPS) is 15.8. The molecular formula is C20H13Cl2F3N4O2. The summed E-state index contributed by atoms with van der Waals surface area (Å²) < 4.78 is 47.3. The van der Waals surface area contributed by atoms with Crippen LogP contribution in [0.15, 0.2) is 41.5 Å². The van der Waals surface area contributed by atoms with Crippen LogP contribution in [0.25, 0.3) is 0 Å². The third-order valence-electron chi connectivity index (χ3n) is 4.60. The third-order valence-corrected chi connectivity index (χ3v) is 5.16. The predicted molar refractivity (Wildman–Crippen MR) is 108 cm³/mol. The first kappa shape index (κ1) is 21.3. The van der Waals surface area contributed by atoms with Crippen LogP contribution in [0, 0.1) is 6.92 Å². The molecule has 160 valence electrons. The Kier molecular flexibility index (Phi) is 5.49. The smallest absolute Gasteiger partial charge is 0.433 e. The van der Waals surface area contributed by atoms with Crippen molar-refractivity contribution in [1.29, 1.82) is 0 Å². The topological polar surface area (TPSA) is 69.4 Å². The van der Waals surface area contributed by atoms with Crippen molar-refractivity contribution >= 4 is 41.1 Å². The molecule has 0 aliphatic carbocycles. The van der Waals surface area contributed by atoms with Crippen LogP contribution < -0.4 is 0 Å². The van der Waals surface area contributed by atoms with Crippen molar-refractivity contribution in [2.75, 3.05) is 0 Å². The Morgan fingerprint density at radius 2 is 2.03 bits per heavy atom. The minimum absolute atomic E-state index is 0.175. The second kappa shape index (κ2) is 7.97. The average Bonchev–Trinajstić information content (AvgIpc) is 3.13. The highest BCUT2D eigenvalue weighted by Crippen LogP contribution is 2.38. The Labute approximate surface area is 184 Å². The lowest BCUT2D eigenvalue weighted by atomic mass is 10.0. The number of benzene rings is 1. The summed E-state index contributed by atoms with van der Waals surface area (Å²) in [6.07, 6.45) is -3.83. The van der Waals surface area contributed by atoms with Crippen LogP contribution in [0.2, 0.25) is 10.0 Å². The summed E-state index contributed by atoms with van der Waals surface area (Å²) in [6.45, 7) is 1.41. The third kappa shape index (κ3) is 4.15. The molecule has 0 bridgehead atoms. The van der Waals surface area contributed by atoms with E-state index in [1.807, 2.05) is 0 Å². The van der Waals surface area contributed by atoms with Gasteiger partial charge in [-0.15, -0.1) is 0 Å². The van der Waals surface area contributed by atoms with Gasteiger partial charge in [0.2, 0.25) is 5.90 Å². The van der Waals surface area contributed by atoms with Crippen molar-refractivity contribution in [2.24, 2.45) is 4.99 Å². The van der Waals surface area contributed by atoms with Crippen LogP contribution in [-0.4, -0.2) is 26.9 Å². The fourth-order valence-corrected chi connectivity index (χ4v) is 3.67. The molecule has 1 atom stereocenters. The van der Waals surface area contributed by atoms with E-state index in [1.54, 1.807) is 19.1 Å². The standard InChI is InChI=1S/C20H13Cl2F3N4O2/c1-10-5-11(21)6-12-16(9-30)31-19(27-18(10)12)14-7-17(20(23,24)25)29(28-14)8-15-13(22)3-2-4-26-15/h2-7,9,16H,8H2,1H3. The van der Waals surface area contributed by atoms with Crippen molar-refractivity contribution in [3.8, 4) is 0 Å². The molecule has 0 fully saturated rings. The monoisotopic (exact) mass is 468 g/mol. The van der Waals surface area contributed by atoms with Gasteiger partial charge in [-0.25, -0.2) is 4.99 Å². The van der Waals surface area contributed by atoms with Crippen LogP contribution in [0.5, 0.6) is 0 Å². The first-order chi connectivity index (χ1) is 14.7. The van der Waals surface area contributed by atoms with E-state index in [2.05, 4.69) is 15.1 Å². The molecule has 6 nitrogen and oxygen atoms in total. The van der Waals surface area contributed by atoms with Crippen molar-refractivity contribution in [3.05, 3.63) is 74.8 Å². The van der Waals surface area contributed by atoms with E-state index in [1.165, 1.54) is 18.3 Å². The minimum atomic E-state index is -4.70. The maximum absolute atomic E-state index is 13.7. The second-order valence-electron chi connectivity index (χ2n) is 6.75. The molecular weight excluding hydrogens is 456 g/mol. The van der Waals surface area contributed by atoms with Gasteiger partial charge in [0.1, 0.15) is 11.4 Å². The van der Waals surface area contributed by atoms with Crippen molar-refractivity contribution < 1.29 is 22.7 Å². The fraction of sp³-hybridized carbons (Fsp3) is 0.200. The molecule has 4 rings (SSSR count). The van der Waals surface area contributed by atoms with Gasteiger partial charge in [0.25, 0.3) is 0 Å². The largest absolute Gasteiger partial charge is 0.460 e. The highest BCUT2D eigenvalue weighted by molar-refractivity contribution is 6.31. The van der Waals surface area contributed by atoms with Crippen LogP contribution in [0.1, 0.15) is 34.3 Å². The lowest BCUT2D eigenvalue weighted by molar-refractivity contribution is -0.144. The van der Waals surface area contributed by atoms with E-state index < -0.39 is 18.0 Å². The molecule has 31 heavy (non-hydrogen) atoms. The fourth-order valence-electron chi connectivity index (χ4n) is 3.21. The highest BCUT2D eigenvalue weighted by atomic mass is 35.5. The zero-order valence-electron chi connectivity index (χ0n) is 15.8. The number of aldehydes is 1. The van der Waals surface area contributed by atoms with Crippen LogP contribution in [-0.2, 0) is 22.3 Å². The van der Waals surface area contributed by atoms with Crippen molar-refractivity contribution in [2.45, 2.75) is 25.7 Å². The van der Waals surface area contributed by atoms with Gasteiger partial charge in [-0.1, -0.05) is 23.2 Å². The van der Waals surface area contributed by atoms with Gasteiger partial charge < -0.3 is 4.74 Å². The minimum Gasteiger partial charge on any atom is -0.460 e. The summed E-state index contributed by atoms with van der Waals surface area (Å²) >= 11 is 12.1. The molecule has 3 aromatic rings. The number of pyridine rings is 1. The molecule has 1 aliphatic rings. The van der Waals surface area contributed by atoms with Crippen molar-refractivity contribution in [3.63, 3.8) is 0 Å². The molecule has 0 N–H and O–H groups in total. The number of carbonyl (C=O) groups excluding carboxylic acids is 1. The molecule has 1 aliphatic heterocycles. The summed E-state index contributed by atoms with van der Waals surface area (Å²) in [7, 11) is 0. The van der Waals surface area contributed by atoms with Gasteiger partial charge in [-0.3, -0.25) is 14.5 Å². The Bertz CT molecular complexity index is 1210. The summed E-state index contributed by atoms with van der Waals surface area (Å²) in [4.78, 5) is 19.9. The number of carbonyl (C=O) groups is 1. The molecule has 0 saturated carbocycles. The number of aryl methyl sites for hydroxylation is 1. The molecule has 0 amide bonds. The highest BCUT2D eigenvalue weighted by Gasteiger charge is 2.38. The molecule has 0 spiro atoms. The van der Waals surface area contributed by atoms with Crippen LogP contribution in [0.4, 0.5) is 18.9 Å². The molecule has 2 aromatic heterocycles. The van der Waals surface area contributed by atoms with Gasteiger partial charge >= 0.3 is 6.18 Å². The Morgan fingerprint density at radius 3 is 2.71 bits per heavy atom. The first-order valence-corrected chi connectivity index (χ1v) is 9.68. The number of alkyl halides is 3. The second-order valence-corrected chi connectivity index (χ2v) is 7.60. The number of hydrogen-bond acceptors (Lipinski definition) is 5.